The van der Waals surface area contributed by atoms with Crippen LogP contribution in [-0.4, -0.2) is 46.9 Å². The van der Waals surface area contributed by atoms with Crippen LogP contribution in [0, 0.1) is 0 Å². The van der Waals surface area contributed by atoms with Gasteiger partial charge in [0.25, 0.3) is 0 Å². The van der Waals surface area contributed by atoms with Crippen LogP contribution in [0.3, 0.4) is 0 Å². The van der Waals surface area contributed by atoms with E-state index in [1.165, 1.54) is 154 Å². The van der Waals surface area contributed by atoms with Crippen molar-refractivity contribution in [1.29, 1.82) is 0 Å². The van der Waals surface area contributed by atoms with Gasteiger partial charge in [-0.3, -0.25) is 9.59 Å². The maximum Gasteiger partial charge on any atom is 0.306 e. The van der Waals surface area contributed by atoms with E-state index in [4.69, 9.17) is 4.74 Å². The molecule has 3 N–H and O–H groups in total. The average Bonchev–Trinajstić information content (AvgIpc) is 3.31. The molecular formula is C60H107NO5. The monoisotopic (exact) mass is 922 g/mol. The number of ether oxygens (including phenoxy) is 1. The van der Waals surface area contributed by atoms with Crippen molar-refractivity contribution in [2.24, 2.45) is 0 Å². The van der Waals surface area contributed by atoms with Gasteiger partial charge in [-0.15, -0.1) is 0 Å². The van der Waals surface area contributed by atoms with Crippen molar-refractivity contribution in [3.05, 3.63) is 72.9 Å². The highest BCUT2D eigenvalue weighted by Crippen LogP contribution is 2.18. The zero-order chi connectivity index (χ0) is 48.1. The Bertz CT molecular complexity index is 1220. The third-order valence-corrected chi connectivity index (χ3v) is 12.7. The number of nitrogens with one attached hydrogen (secondary N) is 1. The Morgan fingerprint density at radius 3 is 1.23 bits per heavy atom. The number of hydrogen-bond donors (Lipinski definition) is 3. The van der Waals surface area contributed by atoms with E-state index in [-0.39, 0.29) is 24.9 Å². The fourth-order valence-electron chi connectivity index (χ4n) is 8.46. The van der Waals surface area contributed by atoms with E-state index in [1.54, 1.807) is 0 Å². The Balaban J connectivity index is 4.62. The van der Waals surface area contributed by atoms with Crippen molar-refractivity contribution in [2.75, 3.05) is 6.61 Å². The van der Waals surface area contributed by atoms with Crippen LogP contribution in [0.5, 0.6) is 0 Å². The van der Waals surface area contributed by atoms with Gasteiger partial charge in [-0.2, -0.15) is 0 Å². The topological polar surface area (TPSA) is 95.9 Å². The van der Waals surface area contributed by atoms with E-state index in [1.807, 2.05) is 48.6 Å². The molecule has 0 aliphatic heterocycles. The maximum absolute atomic E-state index is 13.3. The number of carbonyl (C=O) groups is 2. The number of esters is 1. The molecule has 66 heavy (non-hydrogen) atoms. The molecule has 0 spiro atoms. The largest absolute Gasteiger partial charge is 0.462 e. The first-order valence-corrected chi connectivity index (χ1v) is 28.2. The first kappa shape index (κ1) is 63.3. The lowest BCUT2D eigenvalue weighted by Crippen LogP contribution is -2.46. The highest BCUT2D eigenvalue weighted by atomic mass is 16.5. The third kappa shape index (κ3) is 47.8. The molecule has 0 aromatic heterocycles. The molecule has 3 unspecified atom stereocenters. The molecule has 0 heterocycles. The van der Waals surface area contributed by atoms with Gasteiger partial charge < -0.3 is 20.3 Å². The van der Waals surface area contributed by atoms with Gasteiger partial charge in [0, 0.05) is 6.42 Å². The molecule has 1 amide bonds. The average molecular weight is 923 g/mol. The molecule has 0 fully saturated rings. The SMILES string of the molecule is CC\C=C/C=C/C=C/C=C\C=C\C=C\CCCCCC(=O)OC(CCCCCCCCCCCCCCCC)CC(=O)NC(CO)C(O)CCCCCCCCCCCCCCCCCC. The number of unbranched alkanes of at least 4 members (excludes halogenated alkanes) is 31. The summed E-state index contributed by atoms with van der Waals surface area (Å²) < 4.78 is 5.94. The summed E-state index contributed by atoms with van der Waals surface area (Å²) in [4.78, 5) is 26.2. The second-order valence-corrected chi connectivity index (χ2v) is 19.1. The lowest BCUT2D eigenvalue weighted by atomic mass is 10.0. The first-order valence-electron chi connectivity index (χ1n) is 28.2. The number of carbonyl (C=O) groups excluding carboxylic acids is 2. The predicted molar refractivity (Wildman–Crippen MR) is 287 cm³/mol. The molecule has 0 aliphatic rings. The lowest BCUT2D eigenvalue weighted by Gasteiger charge is -2.24. The second kappa shape index (κ2) is 53.3. The zero-order valence-corrected chi connectivity index (χ0v) is 43.6. The Morgan fingerprint density at radius 2 is 0.818 bits per heavy atom. The van der Waals surface area contributed by atoms with E-state index < -0.39 is 18.2 Å². The van der Waals surface area contributed by atoms with Crippen molar-refractivity contribution < 1.29 is 24.5 Å². The van der Waals surface area contributed by atoms with Crippen molar-refractivity contribution in [3.63, 3.8) is 0 Å². The molecule has 0 aromatic carbocycles. The molecule has 382 valence electrons. The number of hydrogen-bond acceptors (Lipinski definition) is 5. The molecule has 0 aliphatic carbocycles. The van der Waals surface area contributed by atoms with Crippen LogP contribution in [0.25, 0.3) is 0 Å². The van der Waals surface area contributed by atoms with Crippen LogP contribution in [0.4, 0.5) is 0 Å². The van der Waals surface area contributed by atoms with Gasteiger partial charge >= 0.3 is 5.97 Å². The normalized spacial score (nSPS) is 13.7. The van der Waals surface area contributed by atoms with Gasteiger partial charge in [0.2, 0.25) is 5.91 Å². The fourth-order valence-corrected chi connectivity index (χ4v) is 8.46. The highest BCUT2D eigenvalue weighted by Gasteiger charge is 2.24. The van der Waals surface area contributed by atoms with Crippen molar-refractivity contribution in [1.82, 2.24) is 5.32 Å². The fraction of sp³-hybridized carbons (Fsp3) is 0.767. The molecule has 0 bridgehead atoms. The molecule has 6 heteroatoms. The van der Waals surface area contributed by atoms with Crippen LogP contribution in [0.1, 0.15) is 271 Å². The number of aliphatic hydroxyl groups is 2. The van der Waals surface area contributed by atoms with Gasteiger partial charge in [-0.05, 0) is 44.9 Å². The minimum absolute atomic E-state index is 0.0595. The molecule has 0 saturated heterocycles. The number of amides is 1. The van der Waals surface area contributed by atoms with Gasteiger partial charge in [0.15, 0.2) is 0 Å². The summed E-state index contributed by atoms with van der Waals surface area (Å²) in [6, 6.07) is -0.713. The van der Waals surface area contributed by atoms with Gasteiger partial charge in [0.1, 0.15) is 6.10 Å². The van der Waals surface area contributed by atoms with Gasteiger partial charge in [-0.25, -0.2) is 0 Å². The molecule has 0 radical (unpaired) electrons. The predicted octanol–water partition coefficient (Wildman–Crippen LogP) is 17.3. The summed E-state index contributed by atoms with van der Waals surface area (Å²) in [5.74, 6) is -0.517. The van der Waals surface area contributed by atoms with Crippen LogP contribution in [-0.2, 0) is 14.3 Å². The Kier molecular flexibility index (Phi) is 51.1. The Labute approximate surface area is 409 Å². The second-order valence-electron chi connectivity index (χ2n) is 19.1. The molecule has 6 nitrogen and oxygen atoms in total. The lowest BCUT2D eigenvalue weighted by molar-refractivity contribution is -0.151. The standard InChI is InChI=1S/C60H107NO5/c1-4-7-10-13-16-19-22-25-28-30-32-35-38-41-44-47-50-53-60(65)66-56(51-48-45-42-39-36-33-27-24-21-18-15-12-9-6-3)54-59(64)61-57(55-62)58(63)52-49-46-43-40-37-34-31-29-26-23-20-17-14-11-8-5-2/h7,10,13,16,19,22,25,28,30,32,35,38,56-58,62-63H,4-6,8-9,11-12,14-15,17-18,20-21,23-24,26-27,29,31,33-34,36-37,39-55H2,1-3H3,(H,61,64)/b10-7-,16-13+,22-19+,28-25-,32-30+,38-35+. The first-order chi connectivity index (χ1) is 32.5. The van der Waals surface area contributed by atoms with E-state index in [0.717, 1.165) is 70.6 Å². The summed E-state index contributed by atoms with van der Waals surface area (Å²) in [6.45, 7) is 6.35. The summed E-state index contributed by atoms with van der Waals surface area (Å²) in [6.07, 6.45) is 68.2. The summed E-state index contributed by atoms with van der Waals surface area (Å²) in [5.41, 5.74) is 0. The number of rotatable bonds is 50. The van der Waals surface area contributed by atoms with Crippen molar-refractivity contribution >= 4 is 11.9 Å². The van der Waals surface area contributed by atoms with E-state index in [0.29, 0.717) is 19.3 Å². The molecular weight excluding hydrogens is 815 g/mol. The minimum Gasteiger partial charge on any atom is -0.462 e. The van der Waals surface area contributed by atoms with Crippen LogP contribution < -0.4 is 5.32 Å². The molecule has 0 rings (SSSR count). The summed E-state index contributed by atoms with van der Waals surface area (Å²) in [5, 5.41) is 23.9. The molecule has 0 saturated carbocycles. The minimum atomic E-state index is -0.798. The van der Waals surface area contributed by atoms with E-state index in [9.17, 15) is 19.8 Å². The Morgan fingerprint density at radius 1 is 0.455 bits per heavy atom. The summed E-state index contributed by atoms with van der Waals surface area (Å²) in [7, 11) is 0. The van der Waals surface area contributed by atoms with Gasteiger partial charge in [-0.1, -0.05) is 286 Å². The van der Waals surface area contributed by atoms with Crippen LogP contribution >= 0.6 is 0 Å². The Hall–Kier alpha value is -2.70. The number of aliphatic hydroxyl groups excluding tert-OH is 2. The maximum atomic E-state index is 13.3. The van der Waals surface area contributed by atoms with Gasteiger partial charge in [0.05, 0.1) is 25.2 Å². The molecule has 0 aromatic rings. The van der Waals surface area contributed by atoms with Crippen molar-refractivity contribution in [3.8, 4) is 0 Å². The quantitative estimate of drug-likeness (QED) is 0.0321. The van der Waals surface area contributed by atoms with E-state index >= 15 is 0 Å². The highest BCUT2D eigenvalue weighted by molar-refractivity contribution is 5.77. The molecule has 3 atom stereocenters. The summed E-state index contributed by atoms with van der Waals surface area (Å²) >= 11 is 0. The van der Waals surface area contributed by atoms with Crippen molar-refractivity contribution in [2.45, 2.75) is 289 Å². The van der Waals surface area contributed by atoms with Crippen LogP contribution in [0.2, 0.25) is 0 Å². The van der Waals surface area contributed by atoms with E-state index in [2.05, 4.69) is 50.4 Å². The smallest absolute Gasteiger partial charge is 0.306 e. The number of allylic oxidation sites excluding steroid dienone is 12. The third-order valence-electron chi connectivity index (χ3n) is 12.7. The zero-order valence-electron chi connectivity index (χ0n) is 43.6. The van der Waals surface area contributed by atoms with Crippen LogP contribution in [0.15, 0.2) is 72.9 Å².